The van der Waals surface area contributed by atoms with Gasteiger partial charge < -0.3 is 4.74 Å². The van der Waals surface area contributed by atoms with Gasteiger partial charge in [0.15, 0.2) is 0 Å². The zero-order valence-corrected chi connectivity index (χ0v) is 10.4. The van der Waals surface area contributed by atoms with Gasteiger partial charge in [-0.1, -0.05) is 0 Å². The lowest BCUT2D eigenvalue weighted by atomic mass is 10.1. The zero-order valence-electron chi connectivity index (χ0n) is 10.4. The van der Waals surface area contributed by atoms with Crippen LogP contribution in [0.3, 0.4) is 0 Å². The molecule has 2 fully saturated rings. The third-order valence-electron chi connectivity index (χ3n) is 3.77. The first kappa shape index (κ1) is 11.4. The Kier molecular flexibility index (Phi) is 3.33. The molecule has 0 spiro atoms. The van der Waals surface area contributed by atoms with Crippen LogP contribution in [-0.4, -0.2) is 60.3 Å². The zero-order chi connectivity index (χ0) is 11.0. The Labute approximate surface area is 93.4 Å². The molecule has 0 aromatic rings. The SMILES string of the molecule is CC(C)N1CC2OCCN(C(C)C)C2C1. The fourth-order valence-corrected chi connectivity index (χ4v) is 2.81. The van der Waals surface area contributed by atoms with Gasteiger partial charge in [0, 0.05) is 31.7 Å². The molecular formula is C12H24N2O. The number of nitrogens with zero attached hydrogens (tertiary/aromatic N) is 2. The van der Waals surface area contributed by atoms with E-state index in [0.29, 0.717) is 24.2 Å². The van der Waals surface area contributed by atoms with Crippen molar-refractivity contribution in [1.82, 2.24) is 9.80 Å². The molecule has 88 valence electrons. The van der Waals surface area contributed by atoms with Crippen LogP contribution in [-0.2, 0) is 4.74 Å². The van der Waals surface area contributed by atoms with Crippen molar-refractivity contribution in [3.05, 3.63) is 0 Å². The lowest BCUT2D eigenvalue weighted by molar-refractivity contribution is -0.0584. The summed E-state index contributed by atoms with van der Waals surface area (Å²) in [6.07, 6.45) is 0.448. The first-order valence-electron chi connectivity index (χ1n) is 6.21. The van der Waals surface area contributed by atoms with E-state index in [1.165, 1.54) is 6.54 Å². The van der Waals surface area contributed by atoms with Crippen LogP contribution in [0, 0.1) is 0 Å². The third-order valence-corrected chi connectivity index (χ3v) is 3.77. The molecule has 0 aromatic carbocycles. The van der Waals surface area contributed by atoms with Crippen LogP contribution >= 0.6 is 0 Å². The van der Waals surface area contributed by atoms with Gasteiger partial charge in [-0.2, -0.15) is 0 Å². The summed E-state index contributed by atoms with van der Waals surface area (Å²) in [7, 11) is 0. The molecule has 2 heterocycles. The van der Waals surface area contributed by atoms with Gasteiger partial charge in [0.1, 0.15) is 0 Å². The minimum absolute atomic E-state index is 0.448. The van der Waals surface area contributed by atoms with Gasteiger partial charge in [0.25, 0.3) is 0 Å². The molecule has 2 rings (SSSR count). The summed E-state index contributed by atoms with van der Waals surface area (Å²) in [5, 5.41) is 0. The minimum atomic E-state index is 0.448. The maximum absolute atomic E-state index is 5.88. The Bertz CT molecular complexity index is 218. The predicted molar refractivity (Wildman–Crippen MR) is 62.1 cm³/mol. The predicted octanol–water partition coefficient (Wildman–Crippen LogP) is 1.19. The second kappa shape index (κ2) is 4.40. The van der Waals surface area contributed by atoms with E-state index in [1.807, 2.05) is 0 Å². The third kappa shape index (κ3) is 2.19. The van der Waals surface area contributed by atoms with E-state index in [0.717, 1.165) is 19.7 Å². The van der Waals surface area contributed by atoms with Crippen molar-refractivity contribution in [3.63, 3.8) is 0 Å². The maximum atomic E-state index is 5.88. The number of likely N-dealkylation sites (tertiary alicyclic amines) is 1. The summed E-state index contributed by atoms with van der Waals surface area (Å²) in [4.78, 5) is 5.15. The number of hydrogen-bond donors (Lipinski definition) is 0. The molecule has 2 unspecified atom stereocenters. The average Bonchev–Trinajstić information content (AvgIpc) is 2.60. The van der Waals surface area contributed by atoms with E-state index in [4.69, 9.17) is 4.74 Å². The number of fused-ring (bicyclic) bond motifs is 1. The van der Waals surface area contributed by atoms with E-state index in [-0.39, 0.29) is 0 Å². The molecule has 2 aliphatic heterocycles. The lowest BCUT2D eigenvalue weighted by Crippen LogP contribution is -2.53. The molecule has 0 N–H and O–H groups in total. The molecule has 3 nitrogen and oxygen atoms in total. The maximum Gasteiger partial charge on any atom is 0.0870 e. The van der Waals surface area contributed by atoms with E-state index in [9.17, 15) is 0 Å². The highest BCUT2D eigenvalue weighted by Crippen LogP contribution is 2.25. The molecule has 3 heteroatoms. The standard InChI is InChI=1S/C12H24N2O/c1-9(2)13-7-11-12(8-13)15-6-5-14(11)10(3)4/h9-12H,5-8H2,1-4H3. The van der Waals surface area contributed by atoms with Crippen LogP contribution in [0.15, 0.2) is 0 Å². The second-order valence-corrected chi connectivity index (χ2v) is 5.36. The van der Waals surface area contributed by atoms with Gasteiger partial charge >= 0.3 is 0 Å². The summed E-state index contributed by atoms with van der Waals surface area (Å²) in [6, 6.07) is 1.92. The normalized spacial score (nSPS) is 34.0. The largest absolute Gasteiger partial charge is 0.374 e. The monoisotopic (exact) mass is 212 g/mol. The Morgan fingerprint density at radius 1 is 1.07 bits per heavy atom. The minimum Gasteiger partial charge on any atom is -0.374 e. The molecular weight excluding hydrogens is 188 g/mol. The Hall–Kier alpha value is -0.120. The molecule has 2 aliphatic rings. The Morgan fingerprint density at radius 3 is 2.40 bits per heavy atom. The highest BCUT2D eigenvalue weighted by Gasteiger charge is 2.41. The van der Waals surface area contributed by atoms with Crippen molar-refractivity contribution < 1.29 is 4.74 Å². The molecule has 0 saturated carbocycles. The second-order valence-electron chi connectivity index (χ2n) is 5.36. The van der Waals surface area contributed by atoms with Gasteiger partial charge in [-0.05, 0) is 27.7 Å². The molecule has 0 radical (unpaired) electrons. The van der Waals surface area contributed by atoms with Crippen molar-refractivity contribution in [1.29, 1.82) is 0 Å². The van der Waals surface area contributed by atoms with Crippen molar-refractivity contribution >= 4 is 0 Å². The van der Waals surface area contributed by atoms with Gasteiger partial charge in [-0.25, -0.2) is 0 Å². The van der Waals surface area contributed by atoms with Crippen molar-refractivity contribution in [2.45, 2.75) is 51.9 Å². The van der Waals surface area contributed by atoms with Crippen LogP contribution in [0.4, 0.5) is 0 Å². The molecule has 15 heavy (non-hydrogen) atoms. The summed E-state index contributed by atoms with van der Waals surface area (Å²) in [6.45, 7) is 13.4. The summed E-state index contributed by atoms with van der Waals surface area (Å²) >= 11 is 0. The fourth-order valence-electron chi connectivity index (χ4n) is 2.81. The van der Waals surface area contributed by atoms with Crippen LogP contribution in [0.25, 0.3) is 0 Å². The Balaban J connectivity index is 2.03. The number of hydrogen-bond acceptors (Lipinski definition) is 3. The first-order chi connectivity index (χ1) is 7.09. The van der Waals surface area contributed by atoms with Crippen LogP contribution < -0.4 is 0 Å². The number of morpholine rings is 1. The van der Waals surface area contributed by atoms with Gasteiger partial charge in [-0.3, -0.25) is 9.80 Å². The van der Waals surface area contributed by atoms with Crippen LogP contribution in [0.2, 0.25) is 0 Å². The molecule has 0 aliphatic carbocycles. The summed E-state index contributed by atoms with van der Waals surface area (Å²) in [5.41, 5.74) is 0. The fraction of sp³-hybridized carbons (Fsp3) is 1.00. The van der Waals surface area contributed by atoms with Crippen molar-refractivity contribution in [2.75, 3.05) is 26.2 Å². The molecule has 0 bridgehead atoms. The molecule has 2 saturated heterocycles. The van der Waals surface area contributed by atoms with E-state index in [2.05, 4.69) is 37.5 Å². The van der Waals surface area contributed by atoms with Gasteiger partial charge in [-0.15, -0.1) is 0 Å². The van der Waals surface area contributed by atoms with E-state index in [1.54, 1.807) is 0 Å². The number of rotatable bonds is 2. The average molecular weight is 212 g/mol. The van der Waals surface area contributed by atoms with Crippen molar-refractivity contribution in [3.8, 4) is 0 Å². The van der Waals surface area contributed by atoms with Crippen LogP contribution in [0.1, 0.15) is 27.7 Å². The Morgan fingerprint density at radius 2 is 1.80 bits per heavy atom. The van der Waals surface area contributed by atoms with Crippen LogP contribution in [0.5, 0.6) is 0 Å². The van der Waals surface area contributed by atoms with Gasteiger partial charge in [0.05, 0.1) is 18.8 Å². The summed E-state index contributed by atoms with van der Waals surface area (Å²) < 4.78 is 5.88. The first-order valence-corrected chi connectivity index (χ1v) is 6.21. The quantitative estimate of drug-likeness (QED) is 0.684. The van der Waals surface area contributed by atoms with Crippen molar-refractivity contribution in [2.24, 2.45) is 0 Å². The molecule has 0 amide bonds. The smallest absolute Gasteiger partial charge is 0.0870 e. The molecule has 2 atom stereocenters. The topological polar surface area (TPSA) is 15.7 Å². The highest BCUT2D eigenvalue weighted by molar-refractivity contribution is 4.96. The van der Waals surface area contributed by atoms with E-state index < -0.39 is 0 Å². The lowest BCUT2D eigenvalue weighted by Gasteiger charge is -2.39. The number of ether oxygens (including phenoxy) is 1. The van der Waals surface area contributed by atoms with Gasteiger partial charge in [0.2, 0.25) is 0 Å². The van der Waals surface area contributed by atoms with E-state index >= 15 is 0 Å². The highest BCUT2D eigenvalue weighted by atomic mass is 16.5. The summed E-state index contributed by atoms with van der Waals surface area (Å²) in [5.74, 6) is 0. The molecule has 0 aromatic heterocycles.